The van der Waals surface area contributed by atoms with E-state index >= 15 is 0 Å². The van der Waals surface area contributed by atoms with Gasteiger partial charge in [0.25, 0.3) is 5.69 Å². The first-order valence-corrected chi connectivity index (χ1v) is 10.5. The molecule has 4 aromatic rings. The number of halogens is 1. The quantitative estimate of drug-likeness (QED) is 0.176. The molecular weight excluding hydrogens is 474 g/mol. The minimum atomic E-state index is -0.463. The molecule has 0 radical (unpaired) electrons. The van der Waals surface area contributed by atoms with Gasteiger partial charge in [0.2, 0.25) is 0 Å². The molecule has 0 aliphatic rings. The van der Waals surface area contributed by atoms with E-state index in [1.165, 1.54) is 20.3 Å². The third-order valence-corrected chi connectivity index (χ3v) is 5.74. The largest absolute Gasteiger partial charge is 0.493 e. The van der Waals surface area contributed by atoms with Crippen LogP contribution in [0.4, 0.5) is 5.69 Å². The minimum absolute atomic E-state index is 0.161. The van der Waals surface area contributed by atoms with Crippen LogP contribution in [0.15, 0.2) is 77.3 Å². The van der Waals surface area contributed by atoms with Crippen molar-refractivity contribution in [1.29, 1.82) is 0 Å². The van der Waals surface area contributed by atoms with E-state index in [4.69, 9.17) is 9.47 Å². The molecule has 0 unspecified atom stereocenters. The van der Waals surface area contributed by atoms with Crippen molar-refractivity contribution >= 4 is 38.2 Å². The van der Waals surface area contributed by atoms with E-state index < -0.39 is 4.92 Å². The molecule has 0 saturated heterocycles. The Bertz CT molecular complexity index is 1330. The van der Waals surface area contributed by atoms with E-state index in [0.717, 1.165) is 4.47 Å². The molecular formula is C25H18BrNO5. The molecule has 0 atom stereocenters. The van der Waals surface area contributed by atoms with E-state index in [1.54, 1.807) is 60.7 Å². The Morgan fingerprint density at radius 2 is 1.53 bits per heavy atom. The molecule has 0 aromatic heterocycles. The van der Waals surface area contributed by atoms with Crippen LogP contribution < -0.4 is 9.47 Å². The molecule has 32 heavy (non-hydrogen) atoms. The first-order chi connectivity index (χ1) is 15.4. The van der Waals surface area contributed by atoms with Gasteiger partial charge in [-0.15, -0.1) is 0 Å². The molecule has 160 valence electrons. The van der Waals surface area contributed by atoms with Gasteiger partial charge < -0.3 is 9.47 Å². The van der Waals surface area contributed by atoms with Crippen LogP contribution in [0.25, 0.3) is 21.9 Å². The number of hydrogen-bond acceptors (Lipinski definition) is 5. The van der Waals surface area contributed by atoms with Crippen LogP contribution in [0.5, 0.6) is 11.5 Å². The number of hydrogen-bond donors (Lipinski definition) is 0. The zero-order chi connectivity index (χ0) is 22.8. The number of ketones is 1. The molecule has 7 heteroatoms. The predicted molar refractivity (Wildman–Crippen MR) is 127 cm³/mol. The second kappa shape index (κ2) is 8.80. The maximum atomic E-state index is 13.7. The number of carbonyl (C=O) groups excluding carboxylic acids is 1. The second-order valence-electron chi connectivity index (χ2n) is 7.03. The Labute approximate surface area is 192 Å². The lowest BCUT2D eigenvalue weighted by Crippen LogP contribution is -2.07. The Kier molecular flexibility index (Phi) is 5.92. The molecule has 0 N–H and O–H groups in total. The number of benzene rings is 4. The third-order valence-electron chi connectivity index (χ3n) is 5.22. The molecule has 0 bridgehead atoms. The summed E-state index contributed by atoms with van der Waals surface area (Å²) in [6.45, 7) is 0. The van der Waals surface area contributed by atoms with Gasteiger partial charge in [-0.05, 0) is 40.6 Å². The van der Waals surface area contributed by atoms with Crippen LogP contribution in [0.1, 0.15) is 15.9 Å². The molecule has 0 spiro atoms. The van der Waals surface area contributed by atoms with Crippen LogP contribution in [-0.2, 0) is 0 Å². The first kappa shape index (κ1) is 21.5. The monoisotopic (exact) mass is 491 g/mol. The van der Waals surface area contributed by atoms with Gasteiger partial charge in [0.05, 0.1) is 24.7 Å². The number of methoxy groups -OCH3 is 2. The van der Waals surface area contributed by atoms with Crippen molar-refractivity contribution in [2.75, 3.05) is 14.2 Å². The summed E-state index contributed by atoms with van der Waals surface area (Å²) in [4.78, 5) is 25.4. The second-order valence-corrected chi connectivity index (χ2v) is 7.95. The molecule has 0 heterocycles. The fourth-order valence-corrected chi connectivity index (χ4v) is 4.00. The van der Waals surface area contributed by atoms with Gasteiger partial charge in [0, 0.05) is 21.7 Å². The van der Waals surface area contributed by atoms with Crippen molar-refractivity contribution in [3.63, 3.8) is 0 Å². The van der Waals surface area contributed by atoms with Gasteiger partial charge in [-0.1, -0.05) is 58.4 Å². The summed E-state index contributed by atoms with van der Waals surface area (Å²) in [7, 11) is 2.99. The zero-order valence-corrected chi connectivity index (χ0v) is 18.9. The number of ether oxygens (including phenoxy) is 2. The van der Waals surface area contributed by atoms with Gasteiger partial charge in [0.1, 0.15) is 0 Å². The first-order valence-electron chi connectivity index (χ1n) is 9.67. The Morgan fingerprint density at radius 3 is 2.12 bits per heavy atom. The van der Waals surface area contributed by atoms with E-state index in [2.05, 4.69) is 15.9 Å². The summed E-state index contributed by atoms with van der Waals surface area (Å²) in [5, 5.41) is 13.2. The summed E-state index contributed by atoms with van der Waals surface area (Å²) in [6.07, 6.45) is 0. The third kappa shape index (κ3) is 3.83. The summed E-state index contributed by atoms with van der Waals surface area (Å²) >= 11 is 3.39. The highest BCUT2D eigenvalue weighted by molar-refractivity contribution is 9.10. The molecule has 6 nitrogen and oxygen atoms in total. The topological polar surface area (TPSA) is 78.7 Å². The van der Waals surface area contributed by atoms with Crippen molar-refractivity contribution in [1.82, 2.24) is 0 Å². The normalized spacial score (nSPS) is 10.7. The lowest BCUT2D eigenvalue weighted by Gasteiger charge is -2.16. The number of fused-ring (bicyclic) bond motifs is 1. The molecule has 4 rings (SSSR count). The van der Waals surface area contributed by atoms with Crippen LogP contribution in [0.3, 0.4) is 0 Å². The lowest BCUT2D eigenvalue weighted by atomic mass is 9.88. The van der Waals surface area contributed by atoms with Crippen LogP contribution in [0.2, 0.25) is 0 Å². The molecule has 0 saturated carbocycles. The number of nitro benzene ring substituents is 1. The number of carbonyl (C=O) groups is 1. The van der Waals surface area contributed by atoms with E-state index in [-0.39, 0.29) is 22.6 Å². The van der Waals surface area contributed by atoms with Crippen molar-refractivity contribution in [2.45, 2.75) is 0 Å². The predicted octanol–water partition coefficient (Wildman–Crippen LogP) is 6.43. The van der Waals surface area contributed by atoms with Crippen LogP contribution in [0, 0.1) is 10.1 Å². The SMILES string of the molecule is COc1cc2cc([N+](=O)[O-])c(-c3ccc(Br)cc3)c(C(=O)c3ccccc3)c2cc1OC. The molecule has 4 aromatic carbocycles. The molecule has 0 aliphatic heterocycles. The number of nitrogens with zero attached hydrogens (tertiary/aromatic N) is 1. The average Bonchev–Trinajstić information content (AvgIpc) is 2.82. The zero-order valence-electron chi connectivity index (χ0n) is 17.3. The minimum Gasteiger partial charge on any atom is -0.493 e. The van der Waals surface area contributed by atoms with Gasteiger partial charge >= 0.3 is 0 Å². The van der Waals surface area contributed by atoms with E-state index in [9.17, 15) is 14.9 Å². The summed E-state index contributed by atoms with van der Waals surface area (Å²) in [5.74, 6) is 0.533. The maximum absolute atomic E-state index is 13.7. The van der Waals surface area contributed by atoms with Crippen molar-refractivity contribution in [3.8, 4) is 22.6 Å². The lowest BCUT2D eigenvalue weighted by molar-refractivity contribution is -0.384. The smallest absolute Gasteiger partial charge is 0.278 e. The summed E-state index contributed by atoms with van der Waals surface area (Å²) < 4.78 is 11.6. The Hall–Kier alpha value is -3.71. The Balaban J connectivity index is 2.17. The Morgan fingerprint density at radius 1 is 0.906 bits per heavy atom. The fraction of sp³-hybridized carbons (Fsp3) is 0.0800. The van der Waals surface area contributed by atoms with E-state index in [0.29, 0.717) is 33.4 Å². The highest BCUT2D eigenvalue weighted by Gasteiger charge is 2.28. The van der Waals surface area contributed by atoms with Crippen LogP contribution in [-0.4, -0.2) is 24.9 Å². The molecule has 0 amide bonds. The summed E-state index contributed by atoms with van der Waals surface area (Å²) in [6, 6.07) is 20.6. The van der Waals surface area contributed by atoms with Gasteiger partial charge in [0.15, 0.2) is 17.3 Å². The standard InChI is InChI=1S/C25H18BrNO5/c1-31-21-13-17-12-20(27(29)30)23(15-8-10-18(26)11-9-15)24(19(17)14-22(21)32-2)25(28)16-6-4-3-5-7-16/h3-14H,1-2H3. The van der Waals surface area contributed by atoms with Crippen molar-refractivity contribution in [3.05, 3.63) is 98.5 Å². The number of nitro groups is 1. The molecule has 0 fully saturated rings. The average molecular weight is 492 g/mol. The molecule has 0 aliphatic carbocycles. The van der Waals surface area contributed by atoms with Crippen molar-refractivity contribution < 1.29 is 19.2 Å². The highest BCUT2D eigenvalue weighted by Crippen LogP contribution is 2.43. The fourth-order valence-electron chi connectivity index (χ4n) is 3.74. The van der Waals surface area contributed by atoms with E-state index in [1.807, 2.05) is 6.07 Å². The maximum Gasteiger partial charge on any atom is 0.278 e. The van der Waals surface area contributed by atoms with Gasteiger partial charge in [-0.2, -0.15) is 0 Å². The van der Waals surface area contributed by atoms with Crippen molar-refractivity contribution in [2.24, 2.45) is 0 Å². The van der Waals surface area contributed by atoms with Gasteiger partial charge in [-0.25, -0.2) is 0 Å². The summed E-state index contributed by atoms with van der Waals surface area (Å²) in [5.41, 5.74) is 1.34. The van der Waals surface area contributed by atoms with Crippen LogP contribution >= 0.6 is 15.9 Å². The number of rotatable bonds is 6. The highest BCUT2D eigenvalue weighted by atomic mass is 79.9. The van der Waals surface area contributed by atoms with Gasteiger partial charge in [-0.3, -0.25) is 14.9 Å².